The summed E-state index contributed by atoms with van der Waals surface area (Å²) in [5, 5.41) is 10.6. The number of aryl methyl sites for hydroxylation is 1. The molecule has 1 aromatic rings. The number of rotatable bonds is 6. The van der Waals surface area contributed by atoms with Gasteiger partial charge in [0.1, 0.15) is 6.33 Å². The average molecular weight is 239 g/mol. The zero-order valence-electron chi connectivity index (χ0n) is 10.7. The smallest absolute Gasteiger partial charge is 0.222 e. The Bertz CT molecular complexity index is 362. The maximum Gasteiger partial charge on any atom is 0.222 e. The van der Waals surface area contributed by atoms with Gasteiger partial charge in [-0.25, -0.2) is 0 Å². The van der Waals surface area contributed by atoms with Crippen LogP contribution >= 0.6 is 0 Å². The molecule has 1 aromatic heterocycles. The zero-order valence-corrected chi connectivity index (χ0v) is 10.7. The van der Waals surface area contributed by atoms with Crippen LogP contribution in [0, 0.1) is 0 Å². The van der Waals surface area contributed by atoms with Crippen molar-refractivity contribution in [2.75, 3.05) is 0 Å². The molecule has 0 bridgehead atoms. The van der Waals surface area contributed by atoms with Gasteiger partial charge in [-0.1, -0.05) is 13.3 Å². The number of nitrogens with two attached hydrogens (primary N) is 1. The Morgan fingerprint density at radius 3 is 2.88 bits per heavy atom. The fourth-order valence-electron chi connectivity index (χ4n) is 1.76. The average Bonchev–Trinajstić information content (AvgIpc) is 2.64. The monoisotopic (exact) mass is 239 g/mol. The lowest BCUT2D eigenvalue weighted by molar-refractivity contribution is -0.122. The third kappa shape index (κ3) is 4.14. The number of carbonyl (C=O) groups excluding carboxylic acids is 1. The van der Waals surface area contributed by atoms with Gasteiger partial charge in [0.05, 0.1) is 6.04 Å². The van der Waals surface area contributed by atoms with Gasteiger partial charge in [0.25, 0.3) is 0 Å². The lowest BCUT2D eigenvalue weighted by Crippen LogP contribution is -2.33. The Hall–Kier alpha value is -1.43. The molecule has 3 N–H and O–H groups in total. The Morgan fingerprint density at radius 1 is 1.65 bits per heavy atom. The fraction of sp³-hybridized carbons (Fsp3) is 0.727. The van der Waals surface area contributed by atoms with E-state index < -0.39 is 0 Å². The number of aromatic nitrogens is 3. The number of carbonyl (C=O) groups is 1. The van der Waals surface area contributed by atoms with Gasteiger partial charge in [-0.05, 0) is 13.3 Å². The van der Waals surface area contributed by atoms with Gasteiger partial charge in [0.2, 0.25) is 5.91 Å². The fourth-order valence-corrected chi connectivity index (χ4v) is 1.76. The van der Waals surface area contributed by atoms with Gasteiger partial charge in [0.15, 0.2) is 5.82 Å². The zero-order chi connectivity index (χ0) is 12.8. The first-order valence-corrected chi connectivity index (χ1v) is 5.93. The SMILES string of the molecule is CCCC(N)CC(=O)NC(C)c1nncn1C. The highest BCUT2D eigenvalue weighted by Crippen LogP contribution is 2.08. The van der Waals surface area contributed by atoms with Crippen LogP contribution < -0.4 is 11.1 Å². The lowest BCUT2D eigenvalue weighted by Gasteiger charge is -2.15. The van der Waals surface area contributed by atoms with Crippen molar-refractivity contribution in [2.24, 2.45) is 12.8 Å². The van der Waals surface area contributed by atoms with Crippen molar-refractivity contribution in [3.8, 4) is 0 Å². The summed E-state index contributed by atoms with van der Waals surface area (Å²) < 4.78 is 1.79. The summed E-state index contributed by atoms with van der Waals surface area (Å²) in [5.41, 5.74) is 5.82. The molecular weight excluding hydrogens is 218 g/mol. The number of nitrogens with zero attached hydrogens (tertiary/aromatic N) is 3. The largest absolute Gasteiger partial charge is 0.346 e. The summed E-state index contributed by atoms with van der Waals surface area (Å²) in [6, 6.07) is -0.212. The van der Waals surface area contributed by atoms with Crippen LogP contribution in [0.25, 0.3) is 0 Å². The van der Waals surface area contributed by atoms with Crippen molar-refractivity contribution < 1.29 is 4.79 Å². The van der Waals surface area contributed by atoms with Crippen molar-refractivity contribution in [2.45, 2.75) is 45.2 Å². The number of hydrogen-bond donors (Lipinski definition) is 2. The number of amides is 1. The summed E-state index contributed by atoms with van der Waals surface area (Å²) in [4.78, 5) is 11.7. The van der Waals surface area contributed by atoms with Crippen molar-refractivity contribution in [3.63, 3.8) is 0 Å². The molecule has 0 spiro atoms. The third-order valence-electron chi connectivity index (χ3n) is 2.62. The molecule has 1 rings (SSSR count). The topological polar surface area (TPSA) is 85.8 Å². The predicted octanol–water partition coefficient (Wildman–Crippen LogP) is 0.510. The van der Waals surface area contributed by atoms with Crippen LogP contribution in [0.3, 0.4) is 0 Å². The minimum Gasteiger partial charge on any atom is -0.346 e. The summed E-state index contributed by atoms with van der Waals surface area (Å²) >= 11 is 0. The predicted molar refractivity (Wildman–Crippen MR) is 65.1 cm³/mol. The van der Waals surface area contributed by atoms with Crippen LogP contribution in [0.5, 0.6) is 0 Å². The summed E-state index contributed by atoms with van der Waals surface area (Å²) in [7, 11) is 1.85. The maximum absolute atomic E-state index is 11.7. The molecule has 0 radical (unpaired) electrons. The molecule has 0 fully saturated rings. The third-order valence-corrected chi connectivity index (χ3v) is 2.62. The van der Waals surface area contributed by atoms with Crippen molar-refractivity contribution in [1.29, 1.82) is 0 Å². The number of nitrogens with one attached hydrogen (secondary N) is 1. The van der Waals surface area contributed by atoms with Gasteiger partial charge in [-0.3, -0.25) is 4.79 Å². The van der Waals surface area contributed by atoms with Crippen LogP contribution in [-0.2, 0) is 11.8 Å². The first-order chi connectivity index (χ1) is 8.04. The summed E-state index contributed by atoms with van der Waals surface area (Å²) in [6.07, 6.45) is 3.83. The van der Waals surface area contributed by atoms with E-state index in [1.807, 2.05) is 14.0 Å². The molecule has 0 aliphatic carbocycles. The van der Waals surface area contributed by atoms with Crippen molar-refractivity contribution in [3.05, 3.63) is 12.2 Å². The van der Waals surface area contributed by atoms with E-state index >= 15 is 0 Å². The quantitative estimate of drug-likeness (QED) is 0.757. The van der Waals surface area contributed by atoms with Crippen LogP contribution in [0.4, 0.5) is 0 Å². The molecule has 0 saturated carbocycles. The standard InChI is InChI=1S/C11H21N5O/c1-4-5-9(12)6-10(17)14-8(2)11-15-13-7-16(11)3/h7-9H,4-6,12H2,1-3H3,(H,14,17). The van der Waals surface area contributed by atoms with E-state index in [-0.39, 0.29) is 18.0 Å². The molecule has 0 saturated heterocycles. The molecule has 1 amide bonds. The Morgan fingerprint density at radius 2 is 2.35 bits per heavy atom. The molecule has 1 heterocycles. The normalized spacial score (nSPS) is 14.4. The van der Waals surface area contributed by atoms with Crippen LogP contribution in [-0.4, -0.2) is 26.7 Å². The molecule has 17 heavy (non-hydrogen) atoms. The Labute approximate surface area is 102 Å². The molecule has 0 aromatic carbocycles. The second kappa shape index (κ2) is 6.34. The van der Waals surface area contributed by atoms with E-state index in [9.17, 15) is 4.79 Å². The molecule has 0 aliphatic rings. The second-order valence-corrected chi connectivity index (χ2v) is 4.34. The minimum atomic E-state index is -0.149. The summed E-state index contributed by atoms with van der Waals surface area (Å²) in [6.45, 7) is 3.94. The highest BCUT2D eigenvalue weighted by atomic mass is 16.1. The molecular formula is C11H21N5O. The first-order valence-electron chi connectivity index (χ1n) is 5.93. The van der Waals surface area contributed by atoms with Crippen LogP contribution in [0.15, 0.2) is 6.33 Å². The van der Waals surface area contributed by atoms with Crippen LogP contribution in [0.1, 0.15) is 45.0 Å². The highest BCUT2D eigenvalue weighted by Gasteiger charge is 2.15. The molecule has 96 valence electrons. The maximum atomic E-state index is 11.7. The van der Waals surface area contributed by atoms with Gasteiger partial charge in [-0.15, -0.1) is 10.2 Å². The van der Waals surface area contributed by atoms with Gasteiger partial charge < -0.3 is 15.6 Å². The van der Waals surface area contributed by atoms with E-state index in [2.05, 4.69) is 22.4 Å². The Kier molecular flexibility index (Phi) is 5.09. The van der Waals surface area contributed by atoms with E-state index in [1.54, 1.807) is 10.9 Å². The number of hydrogen-bond acceptors (Lipinski definition) is 4. The summed E-state index contributed by atoms with van der Waals surface area (Å²) in [5.74, 6) is 0.698. The van der Waals surface area contributed by atoms with E-state index in [0.717, 1.165) is 18.7 Å². The van der Waals surface area contributed by atoms with Crippen LogP contribution in [0.2, 0.25) is 0 Å². The minimum absolute atomic E-state index is 0.0403. The van der Waals surface area contributed by atoms with Crippen molar-refractivity contribution in [1.82, 2.24) is 20.1 Å². The van der Waals surface area contributed by atoms with Gasteiger partial charge >= 0.3 is 0 Å². The van der Waals surface area contributed by atoms with E-state index in [0.29, 0.717) is 6.42 Å². The molecule has 0 aliphatic heterocycles. The Balaban J connectivity index is 2.44. The molecule has 2 atom stereocenters. The van der Waals surface area contributed by atoms with Gasteiger partial charge in [0, 0.05) is 19.5 Å². The highest BCUT2D eigenvalue weighted by molar-refractivity contribution is 5.76. The molecule has 6 nitrogen and oxygen atoms in total. The van der Waals surface area contributed by atoms with E-state index in [4.69, 9.17) is 5.73 Å². The lowest BCUT2D eigenvalue weighted by atomic mass is 10.1. The van der Waals surface area contributed by atoms with E-state index in [1.165, 1.54) is 0 Å². The second-order valence-electron chi connectivity index (χ2n) is 4.34. The van der Waals surface area contributed by atoms with Gasteiger partial charge in [-0.2, -0.15) is 0 Å². The van der Waals surface area contributed by atoms with Crippen molar-refractivity contribution >= 4 is 5.91 Å². The first kappa shape index (κ1) is 13.6. The molecule has 2 unspecified atom stereocenters. The molecule has 6 heteroatoms.